The quantitative estimate of drug-likeness (QED) is 0.719. The SMILES string of the molecule is C=C(C)N=C1OC2C=C(C)C=CC2B2C1=C(CCC)Oc1ccc(C)cc12. The molecule has 4 rings (SSSR count). The van der Waals surface area contributed by atoms with Crippen molar-refractivity contribution in [2.24, 2.45) is 4.99 Å². The Morgan fingerprint density at radius 1 is 1.30 bits per heavy atom. The van der Waals surface area contributed by atoms with Crippen molar-refractivity contribution in [2.75, 3.05) is 0 Å². The van der Waals surface area contributed by atoms with E-state index in [1.165, 1.54) is 16.6 Å². The highest BCUT2D eigenvalue weighted by molar-refractivity contribution is 6.87. The summed E-state index contributed by atoms with van der Waals surface area (Å²) in [6.45, 7) is 12.5. The zero-order valence-electron chi connectivity index (χ0n) is 16.6. The molecule has 4 heteroatoms. The monoisotopic (exact) mass is 359 g/mol. The molecule has 2 heterocycles. The van der Waals surface area contributed by atoms with Crippen LogP contribution in [-0.2, 0) is 4.74 Å². The Labute approximate surface area is 162 Å². The highest BCUT2D eigenvalue weighted by atomic mass is 16.5. The van der Waals surface area contributed by atoms with Gasteiger partial charge in [0.25, 0.3) is 0 Å². The molecule has 1 fully saturated rings. The van der Waals surface area contributed by atoms with Crippen LogP contribution in [0.1, 0.15) is 39.2 Å². The molecule has 3 aliphatic rings. The van der Waals surface area contributed by atoms with Crippen molar-refractivity contribution < 1.29 is 9.47 Å². The van der Waals surface area contributed by atoms with Crippen LogP contribution in [-0.4, -0.2) is 18.7 Å². The van der Waals surface area contributed by atoms with Crippen LogP contribution in [0.3, 0.4) is 0 Å². The molecule has 2 unspecified atom stereocenters. The lowest BCUT2D eigenvalue weighted by Gasteiger charge is -2.41. The van der Waals surface area contributed by atoms with Crippen LogP contribution in [0.15, 0.2) is 70.5 Å². The summed E-state index contributed by atoms with van der Waals surface area (Å²) in [5, 5.41) is 0. The second-order valence-corrected chi connectivity index (χ2v) is 7.79. The molecule has 1 aromatic carbocycles. The van der Waals surface area contributed by atoms with Gasteiger partial charge in [0, 0.05) is 23.4 Å². The van der Waals surface area contributed by atoms with Gasteiger partial charge in [0.15, 0.2) is 0 Å². The fourth-order valence-corrected chi connectivity index (χ4v) is 4.25. The Kier molecular flexibility index (Phi) is 4.59. The number of fused-ring (bicyclic) bond motifs is 5. The van der Waals surface area contributed by atoms with Gasteiger partial charge in [-0.1, -0.05) is 48.9 Å². The highest BCUT2D eigenvalue weighted by Crippen LogP contribution is 2.41. The first-order valence-corrected chi connectivity index (χ1v) is 9.77. The molecule has 2 atom stereocenters. The van der Waals surface area contributed by atoms with Gasteiger partial charge in [-0.2, -0.15) is 0 Å². The standard InChI is InChI=1S/C23H26BNO2/c1-6-7-20-22-23(25-14(2)3)27-21-13-16(5)8-10-17(21)24(22)18-12-15(4)9-11-19(18)26-20/h8-13,17,21H,2,6-7H2,1,3-5H3. The van der Waals surface area contributed by atoms with Crippen molar-refractivity contribution in [3.05, 3.63) is 71.1 Å². The zero-order valence-corrected chi connectivity index (χ0v) is 16.6. The molecule has 0 N–H and O–H groups in total. The number of rotatable bonds is 3. The normalized spacial score (nSPS) is 24.5. The molecule has 0 aromatic heterocycles. The van der Waals surface area contributed by atoms with E-state index in [1.807, 2.05) is 6.92 Å². The number of aliphatic imine (C=N–C) groups is 1. The molecule has 138 valence electrons. The smallest absolute Gasteiger partial charge is 0.236 e. The fourth-order valence-electron chi connectivity index (χ4n) is 4.25. The van der Waals surface area contributed by atoms with E-state index in [9.17, 15) is 0 Å². The average Bonchev–Trinajstić information content (AvgIpc) is 2.61. The molecule has 0 radical (unpaired) electrons. The number of hydrogen-bond acceptors (Lipinski definition) is 3. The van der Waals surface area contributed by atoms with Crippen LogP contribution in [0.4, 0.5) is 0 Å². The van der Waals surface area contributed by atoms with Gasteiger partial charge in [-0.05, 0) is 44.8 Å². The third-order valence-electron chi connectivity index (χ3n) is 5.37. The summed E-state index contributed by atoms with van der Waals surface area (Å²) in [5.74, 6) is 2.86. The van der Waals surface area contributed by atoms with E-state index in [0.29, 0.717) is 5.90 Å². The average molecular weight is 359 g/mol. The minimum atomic E-state index is -0.0174. The van der Waals surface area contributed by atoms with Crippen LogP contribution in [0, 0.1) is 6.92 Å². The van der Waals surface area contributed by atoms with Gasteiger partial charge in [-0.25, -0.2) is 4.99 Å². The second kappa shape index (κ2) is 6.92. The third-order valence-corrected chi connectivity index (χ3v) is 5.37. The Balaban J connectivity index is 1.94. The predicted molar refractivity (Wildman–Crippen MR) is 113 cm³/mol. The lowest BCUT2D eigenvalue weighted by atomic mass is 9.30. The van der Waals surface area contributed by atoms with E-state index < -0.39 is 0 Å². The molecule has 3 nitrogen and oxygen atoms in total. The predicted octanol–water partition coefficient (Wildman–Crippen LogP) is 4.90. The number of ether oxygens (including phenoxy) is 2. The first-order valence-electron chi connectivity index (χ1n) is 9.77. The summed E-state index contributed by atoms with van der Waals surface area (Å²) < 4.78 is 12.7. The third kappa shape index (κ3) is 3.18. The van der Waals surface area contributed by atoms with Gasteiger partial charge in [0.1, 0.15) is 17.6 Å². The van der Waals surface area contributed by atoms with Crippen molar-refractivity contribution in [2.45, 2.75) is 52.5 Å². The van der Waals surface area contributed by atoms with E-state index >= 15 is 0 Å². The molecular weight excluding hydrogens is 333 g/mol. The van der Waals surface area contributed by atoms with Crippen LogP contribution < -0.4 is 10.2 Å². The van der Waals surface area contributed by atoms with E-state index in [4.69, 9.17) is 9.47 Å². The number of benzene rings is 1. The summed E-state index contributed by atoms with van der Waals surface area (Å²) in [6.07, 6.45) is 8.57. The number of allylic oxidation sites excluding steroid dienone is 4. The van der Waals surface area contributed by atoms with E-state index in [2.05, 4.69) is 68.8 Å². The minimum Gasteiger partial charge on any atom is -0.470 e. The van der Waals surface area contributed by atoms with Crippen LogP contribution in [0.25, 0.3) is 0 Å². The second-order valence-electron chi connectivity index (χ2n) is 7.79. The van der Waals surface area contributed by atoms with Gasteiger partial charge in [0.05, 0.1) is 0 Å². The molecule has 0 spiro atoms. The Morgan fingerprint density at radius 2 is 2.11 bits per heavy atom. The minimum absolute atomic E-state index is 0.0174. The van der Waals surface area contributed by atoms with E-state index in [-0.39, 0.29) is 18.6 Å². The van der Waals surface area contributed by atoms with Gasteiger partial charge >= 0.3 is 0 Å². The van der Waals surface area contributed by atoms with Gasteiger partial charge in [-0.3, -0.25) is 0 Å². The van der Waals surface area contributed by atoms with Gasteiger partial charge < -0.3 is 9.47 Å². The van der Waals surface area contributed by atoms with E-state index in [0.717, 1.165) is 35.5 Å². The largest absolute Gasteiger partial charge is 0.470 e. The van der Waals surface area contributed by atoms with E-state index in [1.54, 1.807) is 0 Å². The van der Waals surface area contributed by atoms with Gasteiger partial charge in [-0.15, -0.1) is 0 Å². The van der Waals surface area contributed by atoms with Crippen LogP contribution >= 0.6 is 0 Å². The molecule has 1 aromatic rings. The summed E-state index contributed by atoms with van der Waals surface area (Å²) >= 11 is 0. The Bertz CT molecular complexity index is 922. The van der Waals surface area contributed by atoms with Crippen LogP contribution in [0.5, 0.6) is 5.75 Å². The maximum absolute atomic E-state index is 6.39. The fraction of sp³-hybridized carbons (Fsp3) is 0.348. The van der Waals surface area contributed by atoms with Gasteiger partial charge in [0.2, 0.25) is 12.6 Å². The summed E-state index contributed by atoms with van der Waals surface area (Å²) in [6, 6.07) is 6.47. The number of aryl methyl sites for hydroxylation is 1. The van der Waals surface area contributed by atoms with Crippen molar-refractivity contribution >= 4 is 18.1 Å². The topological polar surface area (TPSA) is 30.8 Å². The van der Waals surface area contributed by atoms with Crippen molar-refractivity contribution in [1.29, 1.82) is 0 Å². The number of nitrogens with zero attached hydrogens (tertiary/aromatic N) is 1. The van der Waals surface area contributed by atoms with Crippen molar-refractivity contribution in [3.8, 4) is 5.75 Å². The highest BCUT2D eigenvalue weighted by Gasteiger charge is 2.48. The lowest BCUT2D eigenvalue weighted by molar-refractivity contribution is 0.228. The molecule has 1 saturated heterocycles. The number of hydrogen-bond donors (Lipinski definition) is 0. The van der Waals surface area contributed by atoms with Crippen molar-refractivity contribution in [3.63, 3.8) is 0 Å². The lowest BCUT2D eigenvalue weighted by Crippen LogP contribution is -2.53. The first kappa shape index (κ1) is 17.9. The molecule has 2 aliphatic heterocycles. The summed E-state index contributed by atoms with van der Waals surface area (Å²) in [7, 11) is 0. The maximum atomic E-state index is 6.39. The summed E-state index contributed by atoms with van der Waals surface area (Å²) in [4.78, 5) is 4.67. The molecule has 0 amide bonds. The molecule has 0 bridgehead atoms. The molecule has 27 heavy (non-hydrogen) atoms. The van der Waals surface area contributed by atoms with Crippen molar-refractivity contribution in [1.82, 2.24) is 0 Å². The Morgan fingerprint density at radius 3 is 2.85 bits per heavy atom. The molecule has 0 saturated carbocycles. The molecule has 1 aliphatic carbocycles. The zero-order chi connectivity index (χ0) is 19.1. The molecular formula is C23H26BNO2. The van der Waals surface area contributed by atoms with Crippen LogP contribution in [0.2, 0.25) is 5.82 Å². The summed E-state index contributed by atoms with van der Waals surface area (Å²) in [5.41, 5.74) is 5.53. The Hall–Kier alpha value is -2.49. The first-order chi connectivity index (χ1) is 13.0. The maximum Gasteiger partial charge on any atom is 0.236 e.